The number of hydrogen-bond acceptors (Lipinski definition) is 15. The van der Waals surface area contributed by atoms with Gasteiger partial charge in [-0.05, 0) is 107 Å². The molecule has 9 atom stereocenters. The SMILES string of the molecule is C/C1=C2/[N-][C@H]([C@H](CC(=O)[O-])[C@@]2(C)CCC(=O)[O-])[C@]2(C)N=C(/C(C)=C3N=C(/C=C4N=C1[C@@H](CCC(=O)[O-])C\4(C)C)[C@@H](CCC(=O)[O-])[C@]\3(C)CC(N)=O)[C@@H](CCC(=O)[O-])[C@]2(C)CC(N)=O.[Co+2]. The summed E-state index contributed by atoms with van der Waals surface area (Å²) in [4.78, 5) is 103. The molecule has 18 nitrogen and oxygen atoms in total. The van der Waals surface area contributed by atoms with Crippen LogP contribution in [0.4, 0.5) is 0 Å². The van der Waals surface area contributed by atoms with Crippen molar-refractivity contribution in [2.45, 2.75) is 138 Å². The second kappa shape index (κ2) is 18.4. The number of rotatable bonds is 18. The number of hydrogen-bond donors (Lipinski definition) is 2. The minimum Gasteiger partial charge on any atom is -0.682 e. The molecule has 8 bridgehead atoms. The number of nitrogens with zero attached hydrogens (tertiary/aromatic N) is 4. The molecule has 19 heteroatoms. The zero-order valence-corrected chi connectivity index (χ0v) is 38.5. The first-order valence-electron chi connectivity index (χ1n) is 21.2. The van der Waals surface area contributed by atoms with Gasteiger partial charge in [0.15, 0.2) is 0 Å². The van der Waals surface area contributed by atoms with Gasteiger partial charge in [-0.3, -0.25) is 24.6 Å². The Morgan fingerprint density at radius 2 is 1.17 bits per heavy atom. The van der Waals surface area contributed by atoms with Gasteiger partial charge in [0.1, 0.15) is 0 Å². The number of aliphatic imine (C=N–C) groups is 3. The molecule has 5 aliphatic heterocycles. The number of carbonyl (C=O) groups is 7. The second-order valence-electron chi connectivity index (χ2n) is 19.4. The Labute approximate surface area is 382 Å². The molecule has 0 aromatic carbocycles. The number of nitrogens with two attached hydrogens (primary N) is 2. The molecule has 1 radical (unpaired) electrons. The van der Waals surface area contributed by atoms with Crippen molar-refractivity contribution in [2.24, 2.45) is 71.8 Å². The quantitative estimate of drug-likeness (QED) is 0.164. The van der Waals surface area contributed by atoms with Crippen molar-refractivity contribution in [1.29, 1.82) is 0 Å². The van der Waals surface area contributed by atoms with E-state index in [2.05, 4.69) is 0 Å². The van der Waals surface area contributed by atoms with Crippen LogP contribution >= 0.6 is 0 Å². The van der Waals surface area contributed by atoms with Gasteiger partial charge in [-0.25, -0.2) is 0 Å². The number of amides is 2. The van der Waals surface area contributed by atoms with E-state index >= 15 is 0 Å². The normalized spacial score (nSPS) is 35.6. The number of primary amides is 2. The van der Waals surface area contributed by atoms with Crippen LogP contribution in [0.3, 0.4) is 0 Å². The summed E-state index contributed by atoms with van der Waals surface area (Å²) in [7, 11) is 0. The van der Waals surface area contributed by atoms with E-state index < -0.39 is 131 Å². The van der Waals surface area contributed by atoms with Gasteiger partial charge in [-0.2, -0.15) is 5.70 Å². The predicted octanol–water partition coefficient (Wildman–Crippen LogP) is -1.17. The van der Waals surface area contributed by atoms with Gasteiger partial charge < -0.3 is 66.3 Å². The van der Waals surface area contributed by atoms with Gasteiger partial charge in [0.2, 0.25) is 11.8 Å². The Kier molecular flexibility index (Phi) is 14.8. The Balaban J connectivity index is 0.00000898. The molecule has 1 saturated heterocycles. The van der Waals surface area contributed by atoms with Gasteiger partial charge in [0.05, 0.1) is 11.2 Å². The first-order valence-corrected chi connectivity index (χ1v) is 21.2. The number of allylic oxidation sites excluding steroid dienone is 6. The molecule has 64 heavy (non-hydrogen) atoms. The molecule has 0 saturated carbocycles. The molecule has 4 N–H and O–H groups in total. The summed E-state index contributed by atoms with van der Waals surface area (Å²) in [6.07, 6.45) is -1.96. The number of aliphatic carboxylic acids is 5. The van der Waals surface area contributed by atoms with E-state index in [0.29, 0.717) is 28.3 Å². The molecule has 5 heterocycles. The molecule has 0 aliphatic carbocycles. The zero-order chi connectivity index (χ0) is 47.4. The molecule has 0 unspecified atom stereocenters. The maximum Gasteiger partial charge on any atom is 2.00 e. The molecule has 5 aliphatic rings. The first-order chi connectivity index (χ1) is 29.0. The summed E-state index contributed by atoms with van der Waals surface area (Å²) in [5.41, 5.74) is 7.88. The van der Waals surface area contributed by atoms with Gasteiger partial charge >= 0.3 is 16.8 Å². The van der Waals surface area contributed by atoms with Crippen LogP contribution in [0.15, 0.2) is 49.3 Å². The zero-order valence-electron chi connectivity index (χ0n) is 37.4. The third-order valence-electron chi connectivity index (χ3n) is 15.2. The van der Waals surface area contributed by atoms with Crippen molar-refractivity contribution in [2.75, 3.05) is 0 Å². The van der Waals surface area contributed by atoms with Crippen molar-refractivity contribution in [3.8, 4) is 0 Å². The Morgan fingerprint density at radius 3 is 1.67 bits per heavy atom. The van der Waals surface area contributed by atoms with Crippen LogP contribution in [0.2, 0.25) is 0 Å². The fourth-order valence-electron chi connectivity index (χ4n) is 11.7. The van der Waals surface area contributed by atoms with Crippen LogP contribution in [0.1, 0.15) is 126 Å². The largest absolute Gasteiger partial charge is 2.00 e. The molecular weight excluding hydrogens is 875 g/mol. The van der Waals surface area contributed by atoms with Crippen molar-refractivity contribution in [1.82, 2.24) is 0 Å². The van der Waals surface area contributed by atoms with Gasteiger partial charge in [0.25, 0.3) is 0 Å². The van der Waals surface area contributed by atoms with E-state index in [-0.39, 0.29) is 72.4 Å². The standard InChI is InChI=1S/C45H62N6O12.Co/c1-21-36-24(10-13-32(56)57)41(3,4)28(49-36)18-27-23(9-12-31(54)55)43(6,19-29(46)52)39(48-27)22(2)37-25(11-14-33(58)59)44(7,20-30(47)53)45(8,51-37)40-26(17-35(62)63)42(5,38(21)50-40)16-15-34(60)61;/h18,23-26,40H,9-17,19-20H2,1-8H3,(H10,46,47,48,49,50,51,52,53,54,55,56,57,58,59,60,61,62,63);/q;+2/p-6/t23-,24-,25-,26+,40-,42-,43+,44+,45+;/m1./s1. The van der Waals surface area contributed by atoms with Crippen LogP contribution in [0.25, 0.3) is 5.32 Å². The van der Waals surface area contributed by atoms with Crippen LogP contribution < -0.4 is 37.0 Å². The summed E-state index contributed by atoms with van der Waals surface area (Å²) in [6, 6.07) is -1.18. The fourth-order valence-corrected chi connectivity index (χ4v) is 11.7. The Bertz CT molecular complexity index is 2230. The van der Waals surface area contributed by atoms with Crippen molar-refractivity contribution in [3.05, 3.63) is 39.6 Å². The molecule has 5 rings (SSSR count). The summed E-state index contributed by atoms with van der Waals surface area (Å²) in [5, 5.41) is 66.6. The third-order valence-corrected chi connectivity index (χ3v) is 15.2. The third kappa shape index (κ3) is 9.06. The van der Waals surface area contributed by atoms with Gasteiger partial charge in [-0.1, -0.05) is 40.7 Å². The first kappa shape index (κ1) is 51.5. The van der Waals surface area contributed by atoms with Crippen LogP contribution in [-0.4, -0.2) is 70.4 Å². The van der Waals surface area contributed by atoms with Crippen LogP contribution in [-0.2, 0) is 50.3 Å². The van der Waals surface area contributed by atoms with E-state index in [4.69, 9.17) is 31.8 Å². The van der Waals surface area contributed by atoms with E-state index in [0.717, 1.165) is 0 Å². The number of carboxylic acids is 5. The topological polar surface area (TPSA) is 338 Å². The minimum absolute atomic E-state index is 0. The Morgan fingerprint density at radius 1 is 0.656 bits per heavy atom. The average molecular weight is 932 g/mol. The van der Waals surface area contributed by atoms with Crippen LogP contribution in [0, 0.1) is 45.3 Å². The van der Waals surface area contributed by atoms with Gasteiger partial charge in [0, 0.05) is 99.5 Å². The number of carboxylic acid groups (broad SMARTS) is 5. The van der Waals surface area contributed by atoms with Crippen molar-refractivity contribution < 1.29 is 75.9 Å². The fraction of sp³-hybridized carbons (Fsp3) is 0.644. The smallest absolute Gasteiger partial charge is 0.682 e. The number of carbonyl (C=O) groups excluding carboxylic acids is 7. The molecule has 0 aromatic rings. The van der Waals surface area contributed by atoms with E-state index in [1.165, 1.54) is 0 Å². The maximum absolute atomic E-state index is 13.3. The summed E-state index contributed by atoms with van der Waals surface area (Å²) in [5.74, 6) is -12.0. The van der Waals surface area contributed by atoms with Crippen molar-refractivity contribution in [3.63, 3.8) is 0 Å². The second-order valence-corrected chi connectivity index (χ2v) is 19.4. The predicted molar refractivity (Wildman–Crippen MR) is 218 cm³/mol. The molecule has 351 valence electrons. The monoisotopic (exact) mass is 931 g/mol. The van der Waals surface area contributed by atoms with Crippen LogP contribution in [0.5, 0.6) is 0 Å². The minimum atomic E-state index is -1.62. The van der Waals surface area contributed by atoms with E-state index in [9.17, 15) is 59.1 Å². The maximum atomic E-state index is 13.3. The summed E-state index contributed by atoms with van der Waals surface area (Å²) in [6.45, 7) is 13.8. The molecule has 2 amide bonds. The van der Waals surface area contributed by atoms with Gasteiger partial charge in [-0.15, -0.1) is 0 Å². The molecule has 0 spiro atoms. The average Bonchev–Trinajstić information content (AvgIpc) is 3.75. The Hall–Kier alpha value is -5.17. The van der Waals surface area contributed by atoms with E-state index in [1.807, 2.05) is 13.8 Å². The van der Waals surface area contributed by atoms with Crippen molar-refractivity contribution >= 4 is 58.8 Å². The molecule has 0 aromatic heterocycles. The molecule has 1 fully saturated rings. The summed E-state index contributed by atoms with van der Waals surface area (Å²) < 4.78 is 0. The summed E-state index contributed by atoms with van der Waals surface area (Å²) >= 11 is 0. The number of fused-ring (bicyclic) bond motifs is 6. The molecular formula is C45H56CoN6O12-4. The van der Waals surface area contributed by atoms with E-state index in [1.54, 1.807) is 47.6 Å².